The fourth-order valence-corrected chi connectivity index (χ4v) is 2.48. The van der Waals surface area contributed by atoms with E-state index in [1.54, 1.807) is 0 Å². The van der Waals surface area contributed by atoms with E-state index in [2.05, 4.69) is 0 Å². The largest absolute Gasteiger partial charge is 0.381 e. The molecule has 2 saturated heterocycles. The van der Waals surface area contributed by atoms with Gasteiger partial charge in [-0.15, -0.1) is 0 Å². The molecule has 0 saturated carbocycles. The summed E-state index contributed by atoms with van der Waals surface area (Å²) in [7, 11) is 0. The topological polar surface area (TPSA) is 131 Å². The van der Waals surface area contributed by atoms with Crippen molar-refractivity contribution in [2.24, 2.45) is 0 Å². The summed E-state index contributed by atoms with van der Waals surface area (Å²) in [6.07, 6.45) is -3.00. The van der Waals surface area contributed by atoms with E-state index >= 15 is 0 Å². The lowest BCUT2D eigenvalue weighted by atomic mass is 10.3. The van der Waals surface area contributed by atoms with E-state index in [1.807, 2.05) is 0 Å². The highest BCUT2D eigenvalue weighted by Crippen LogP contribution is 2.34. The third kappa shape index (κ3) is 1.59. The minimum Gasteiger partial charge on any atom is -0.381 e. The van der Waals surface area contributed by atoms with Crippen LogP contribution in [0.3, 0.4) is 0 Å². The Hall–Kier alpha value is -1.01. The van der Waals surface area contributed by atoms with E-state index in [1.165, 1.54) is 0 Å². The lowest BCUT2D eigenvalue weighted by Crippen LogP contribution is -2.50. The number of urea groups is 1. The number of hydrogen-bond acceptors (Lipinski definition) is 8. The average molecular weight is 264 g/mol. The zero-order chi connectivity index (χ0) is 13.4. The van der Waals surface area contributed by atoms with Gasteiger partial charge in [-0.25, -0.2) is 14.6 Å². The van der Waals surface area contributed by atoms with Crippen molar-refractivity contribution in [3.63, 3.8) is 0 Å². The third-order valence-electron chi connectivity index (χ3n) is 3.30. The SMILES string of the molecule is O=C1N(CO)C2C(N1CO)N(CO)C(O)N2CO. The van der Waals surface area contributed by atoms with Crippen LogP contribution in [-0.2, 0) is 0 Å². The van der Waals surface area contributed by atoms with E-state index in [4.69, 9.17) is 0 Å². The van der Waals surface area contributed by atoms with Crippen LogP contribution in [0.5, 0.6) is 0 Å². The number of carbonyl (C=O) groups excluding carboxylic acids is 1. The average Bonchev–Trinajstić information content (AvgIpc) is 2.78. The van der Waals surface area contributed by atoms with Crippen molar-refractivity contribution in [2.45, 2.75) is 18.7 Å². The molecule has 0 spiro atoms. The summed E-state index contributed by atoms with van der Waals surface area (Å²) in [5.41, 5.74) is 0. The Kier molecular flexibility index (Phi) is 3.68. The molecule has 2 unspecified atom stereocenters. The molecule has 2 atom stereocenters. The molecule has 2 fully saturated rings. The number of aliphatic hydroxyl groups excluding tert-OH is 5. The maximum absolute atomic E-state index is 11.8. The molecule has 104 valence electrons. The molecule has 10 heteroatoms. The molecule has 0 aromatic carbocycles. The smallest absolute Gasteiger partial charge is 0.326 e. The fourth-order valence-electron chi connectivity index (χ4n) is 2.48. The summed E-state index contributed by atoms with van der Waals surface area (Å²) in [6, 6.07) is -0.640. The van der Waals surface area contributed by atoms with Gasteiger partial charge >= 0.3 is 6.03 Å². The number of rotatable bonds is 4. The van der Waals surface area contributed by atoms with Crippen LogP contribution in [0.4, 0.5) is 4.79 Å². The minimum atomic E-state index is -1.31. The molecule has 2 heterocycles. The highest BCUT2D eigenvalue weighted by Gasteiger charge is 2.58. The summed E-state index contributed by atoms with van der Waals surface area (Å²) in [4.78, 5) is 16.0. The summed E-state index contributed by atoms with van der Waals surface area (Å²) in [5, 5.41) is 46.7. The van der Waals surface area contributed by atoms with E-state index in [-0.39, 0.29) is 0 Å². The molecule has 2 aliphatic heterocycles. The Morgan fingerprint density at radius 1 is 0.833 bits per heavy atom. The van der Waals surface area contributed by atoms with Crippen molar-refractivity contribution in [1.29, 1.82) is 0 Å². The molecule has 0 aromatic heterocycles. The highest BCUT2D eigenvalue weighted by molar-refractivity contribution is 5.77. The van der Waals surface area contributed by atoms with Gasteiger partial charge in [0.1, 0.15) is 39.3 Å². The van der Waals surface area contributed by atoms with Gasteiger partial charge < -0.3 is 25.5 Å². The van der Waals surface area contributed by atoms with Crippen molar-refractivity contribution in [3.8, 4) is 0 Å². The molecule has 2 amide bonds. The zero-order valence-corrected chi connectivity index (χ0v) is 9.49. The number of aliphatic hydroxyl groups is 5. The monoisotopic (exact) mass is 264 g/mol. The molecule has 2 rings (SSSR count). The van der Waals surface area contributed by atoms with Gasteiger partial charge in [0.05, 0.1) is 0 Å². The molecule has 0 aromatic rings. The van der Waals surface area contributed by atoms with Crippen LogP contribution < -0.4 is 0 Å². The highest BCUT2D eigenvalue weighted by atomic mass is 16.4. The van der Waals surface area contributed by atoms with Gasteiger partial charge in [-0.05, 0) is 0 Å². The molecular weight excluding hydrogens is 248 g/mol. The van der Waals surface area contributed by atoms with Crippen LogP contribution in [0, 0.1) is 0 Å². The quantitative estimate of drug-likeness (QED) is 0.348. The number of fused-ring (bicyclic) bond motifs is 1. The second-order valence-electron chi connectivity index (χ2n) is 3.99. The fraction of sp³-hybridized carbons (Fsp3) is 0.875. The second-order valence-corrected chi connectivity index (χ2v) is 3.99. The van der Waals surface area contributed by atoms with E-state index in [0.717, 1.165) is 19.6 Å². The Labute approximate surface area is 102 Å². The van der Waals surface area contributed by atoms with Crippen LogP contribution in [0.25, 0.3) is 0 Å². The van der Waals surface area contributed by atoms with Crippen LogP contribution in [-0.4, -0.2) is 96.8 Å². The Morgan fingerprint density at radius 3 is 1.50 bits per heavy atom. The maximum Gasteiger partial charge on any atom is 0.326 e. The van der Waals surface area contributed by atoms with Gasteiger partial charge in [-0.1, -0.05) is 0 Å². The molecule has 18 heavy (non-hydrogen) atoms. The molecular formula is C8H16N4O6. The molecule has 2 aliphatic rings. The first-order valence-electron chi connectivity index (χ1n) is 5.32. The maximum atomic E-state index is 11.8. The van der Waals surface area contributed by atoms with Crippen molar-refractivity contribution in [3.05, 3.63) is 0 Å². The Bertz CT molecular complexity index is 303. The van der Waals surface area contributed by atoms with Gasteiger partial charge in [0.15, 0.2) is 6.35 Å². The van der Waals surface area contributed by atoms with Crippen LogP contribution in [0.1, 0.15) is 0 Å². The predicted molar refractivity (Wildman–Crippen MR) is 54.7 cm³/mol. The number of carbonyl (C=O) groups is 1. The summed E-state index contributed by atoms with van der Waals surface area (Å²) < 4.78 is 0. The standard InChI is InChI=1S/C8H16N4O6/c13-1-9-5-6(11(3-15)7(9)17)12(4-16)8(18)10(5)2-14/h5-7,13-17H,1-4H2. The first-order valence-corrected chi connectivity index (χ1v) is 5.32. The number of amides is 2. The summed E-state index contributed by atoms with van der Waals surface area (Å²) in [6.45, 7) is -2.39. The van der Waals surface area contributed by atoms with Gasteiger partial charge in [-0.3, -0.25) is 9.80 Å². The first-order chi connectivity index (χ1) is 8.62. The van der Waals surface area contributed by atoms with Crippen molar-refractivity contribution < 1.29 is 30.3 Å². The van der Waals surface area contributed by atoms with Crippen molar-refractivity contribution >= 4 is 6.03 Å². The lowest BCUT2D eigenvalue weighted by molar-refractivity contribution is -0.139. The van der Waals surface area contributed by atoms with Gasteiger partial charge in [0.2, 0.25) is 0 Å². The molecule has 0 radical (unpaired) electrons. The van der Waals surface area contributed by atoms with E-state index in [0.29, 0.717) is 0 Å². The number of nitrogens with zero attached hydrogens (tertiary/aromatic N) is 4. The van der Waals surface area contributed by atoms with E-state index < -0.39 is 51.6 Å². The first kappa shape index (κ1) is 13.4. The van der Waals surface area contributed by atoms with Crippen molar-refractivity contribution in [1.82, 2.24) is 19.6 Å². The molecule has 10 nitrogen and oxygen atoms in total. The van der Waals surface area contributed by atoms with Gasteiger partial charge in [-0.2, -0.15) is 0 Å². The van der Waals surface area contributed by atoms with E-state index in [9.17, 15) is 30.3 Å². The normalized spacial score (nSPS) is 33.6. The predicted octanol–water partition coefficient (Wildman–Crippen LogP) is -3.93. The van der Waals surface area contributed by atoms with Gasteiger partial charge in [0, 0.05) is 0 Å². The molecule has 0 bridgehead atoms. The minimum absolute atomic E-state index is 0.568. The Morgan fingerprint density at radius 2 is 1.22 bits per heavy atom. The number of hydrogen-bond donors (Lipinski definition) is 5. The van der Waals surface area contributed by atoms with Crippen molar-refractivity contribution in [2.75, 3.05) is 26.9 Å². The van der Waals surface area contributed by atoms with Gasteiger partial charge in [0.25, 0.3) is 0 Å². The molecule has 0 aliphatic carbocycles. The second kappa shape index (κ2) is 4.93. The molecule has 5 N–H and O–H groups in total. The zero-order valence-electron chi connectivity index (χ0n) is 9.49. The summed E-state index contributed by atoms with van der Waals surface area (Å²) >= 11 is 0. The van der Waals surface area contributed by atoms with Crippen LogP contribution >= 0.6 is 0 Å². The lowest BCUT2D eigenvalue weighted by Gasteiger charge is -2.30. The van der Waals surface area contributed by atoms with Crippen LogP contribution in [0.15, 0.2) is 0 Å². The summed E-state index contributed by atoms with van der Waals surface area (Å²) in [5.74, 6) is 0. The third-order valence-corrected chi connectivity index (χ3v) is 3.30. The Balaban J connectivity index is 2.38. The van der Waals surface area contributed by atoms with Crippen LogP contribution in [0.2, 0.25) is 0 Å².